The second-order valence-electron chi connectivity index (χ2n) is 7.52. The number of nitrogens with zero attached hydrogens (tertiary/aromatic N) is 7. The summed E-state index contributed by atoms with van der Waals surface area (Å²) in [6.45, 7) is 0.650. The Bertz CT molecular complexity index is 977. The smallest absolute Gasteiger partial charge is 0.273 e. The molecule has 0 aliphatic carbocycles. The number of aromatic nitrogens is 5. The highest BCUT2D eigenvalue weighted by molar-refractivity contribution is 5.92. The van der Waals surface area contributed by atoms with Gasteiger partial charge in [0.05, 0.1) is 29.7 Å². The molecule has 0 N–H and O–H groups in total. The molecule has 4 heterocycles. The lowest BCUT2D eigenvalue weighted by molar-refractivity contribution is 0.0664. The summed E-state index contributed by atoms with van der Waals surface area (Å²) in [4.78, 5) is 26.0. The van der Waals surface area contributed by atoms with E-state index in [0.717, 1.165) is 36.9 Å². The molecule has 0 aromatic carbocycles. The maximum atomic E-state index is 13.2. The molecule has 0 radical (unpaired) electrons. The van der Waals surface area contributed by atoms with Crippen molar-refractivity contribution < 1.29 is 9.32 Å². The number of amides is 1. The highest BCUT2D eigenvalue weighted by Gasteiger charge is 2.32. The fourth-order valence-electron chi connectivity index (χ4n) is 3.56. The molecular weight excluding hydrogens is 370 g/mol. The first-order chi connectivity index (χ1) is 14.0. The molecule has 1 fully saturated rings. The van der Waals surface area contributed by atoms with Gasteiger partial charge in [0.25, 0.3) is 11.8 Å². The maximum Gasteiger partial charge on any atom is 0.273 e. The zero-order chi connectivity index (χ0) is 20.4. The van der Waals surface area contributed by atoms with Gasteiger partial charge in [-0.05, 0) is 25.0 Å². The number of hydrogen-bond acceptors (Lipinski definition) is 7. The minimum atomic E-state index is -0.227. The van der Waals surface area contributed by atoms with Crippen LogP contribution in [0, 0.1) is 0 Å². The standard InChI is InChI=1S/C20H25N7O2/c1-25(2)15-8-9-16(21-12-15)20(28)27-10-6-4-5-7-17(27)18-23-19(29-24-18)14-11-22-26(3)13-14/h8-9,11-13,17H,4-7,10H2,1-3H3. The zero-order valence-electron chi connectivity index (χ0n) is 16.9. The zero-order valence-corrected chi connectivity index (χ0v) is 16.9. The van der Waals surface area contributed by atoms with Gasteiger partial charge in [-0.2, -0.15) is 10.1 Å². The van der Waals surface area contributed by atoms with Gasteiger partial charge in [0.15, 0.2) is 5.82 Å². The first-order valence-electron chi connectivity index (χ1n) is 9.80. The summed E-state index contributed by atoms with van der Waals surface area (Å²) in [7, 11) is 5.72. The molecule has 152 valence electrons. The van der Waals surface area contributed by atoms with Crippen molar-refractivity contribution in [1.29, 1.82) is 0 Å². The fourth-order valence-corrected chi connectivity index (χ4v) is 3.56. The van der Waals surface area contributed by atoms with E-state index in [9.17, 15) is 4.79 Å². The van der Waals surface area contributed by atoms with Crippen LogP contribution in [0.1, 0.15) is 48.0 Å². The number of carbonyl (C=O) groups excluding carboxylic acids is 1. The lowest BCUT2D eigenvalue weighted by Gasteiger charge is -2.27. The molecule has 9 nitrogen and oxygen atoms in total. The largest absolute Gasteiger partial charge is 0.376 e. The van der Waals surface area contributed by atoms with Gasteiger partial charge < -0.3 is 14.3 Å². The van der Waals surface area contributed by atoms with Crippen LogP contribution < -0.4 is 4.90 Å². The summed E-state index contributed by atoms with van der Waals surface area (Å²) in [5.41, 5.74) is 2.14. The summed E-state index contributed by atoms with van der Waals surface area (Å²) in [6.07, 6.45) is 9.06. The number of likely N-dealkylation sites (tertiary alicyclic amines) is 1. The van der Waals surface area contributed by atoms with Gasteiger partial charge in [0, 0.05) is 33.9 Å². The molecule has 0 bridgehead atoms. The van der Waals surface area contributed by atoms with E-state index in [1.807, 2.05) is 43.2 Å². The lowest BCUT2D eigenvalue weighted by Crippen LogP contribution is -2.35. The third-order valence-electron chi connectivity index (χ3n) is 5.19. The van der Waals surface area contributed by atoms with Gasteiger partial charge in [-0.1, -0.05) is 18.0 Å². The van der Waals surface area contributed by atoms with Crippen molar-refractivity contribution in [2.24, 2.45) is 7.05 Å². The summed E-state index contributed by atoms with van der Waals surface area (Å²) in [5, 5.41) is 8.33. The number of pyridine rings is 1. The number of rotatable bonds is 4. The molecule has 1 atom stereocenters. The SMILES string of the molecule is CN(C)c1ccc(C(=O)N2CCCCCC2c2noc(-c3cnn(C)c3)n2)nc1. The predicted molar refractivity (Wildman–Crippen MR) is 107 cm³/mol. The Hall–Kier alpha value is -3.23. The first kappa shape index (κ1) is 19.1. The fraction of sp³-hybridized carbons (Fsp3) is 0.450. The van der Waals surface area contributed by atoms with Crippen LogP contribution in [0.3, 0.4) is 0 Å². The Kier molecular flexibility index (Phi) is 5.28. The molecule has 3 aromatic heterocycles. The van der Waals surface area contributed by atoms with E-state index >= 15 is 0 Å². The number of hydrogen-bond donors (Lipinski definition) is 0. The molecule has 1 aliphatic heterocycles. The molecular formula is C20H25N7O2. The lowest BCUT2D eigenvalue weighted by atomic mass is 10.1. The Balaban J connectivity index is 1.60. The van der Waals surface area contributed by atoms with Crippen molar-refractivity contribution in [3.63, 3.8) is 0 Å². The van der Waals surface area contributed by atoms with Crippen LogP contribution >= 0.6 is 0 Å². The van der Waals surface area contributed by atoms with Crippen LogP contribution in [0.2, 0.25) is 0 Å². The van der Waals surface area contributed by atoms with E-state index in [4.69, 9.17) is 4.52 Å². The van der Waals surface area contributed by atoms with Crippen LogP contribution in [0.25, 0.3) is 11.5 Å². The highest BCUT2D eigenvalue weighted by atomic mass is 16.5. The van der Waals surface area contributed by atoms with Gasteiger partial charge in [0.1, 0.15) is 5.69 Å². The van der Waals surface area contributed by atoms with E-state index in [2.05, 4.69) is 20.2 Å². The maximum absolute atomic E-state index is 13.2. The second-order valence-corrected chi connectivity index (χ2v) is 7.52. The van der Waals surface area contributed by atoms with Crippen LogP contribution in [0.15, 0.2) is 35.2 Å². The third kappa shape index (κ3) is 3.98. The van der Waals surface area contributed by atoms with E-state index in [0.29, 0.717) is 24.0 Å². The van der Waals surface area contributed by atoms with E-state index in [1.165, 1.54) is 0 Å². The molecule has 4 rings (SSSR count). The van der Waals surface area contributed by atoms with Crippen LogP contribution in [-0.4, -0.2) is 56.4 Å². The van der Waals surface area contributed by atoms with Crippen molar-refractivity contribution in [2.45, 2.75) is 31.7 Å². The molecule has 1 aliphatic rings. The van der Waals surface area contributed by atoms with Gasteiger partial charge in [-0.25, -0.2) is 4.98 Å². The van der Waals surface area contributed by atoms with Crippen LogP contribution in [-0.2, 0) is 7.05 Å². The quantitative estimate of drug-likeness (QED) is 0.670. The van der Waals surface area contributed by atoms with Crippen molar-refractivity contribution in [3.05, 3.63) is 42.2 Å². The molecule has 1 amide bonds. The normalized spacial score (nSPS) is 17.2. The Morgan fingerprint density at radius 2 is 2.07 bits per heavy atom. The second kappa shape index (κ2) is 8.02. The topological polar surface area (TPSA) is 93.2 Å². The number of aryl methyl sites for hydroxylation is 1. The molecule has 0 saturated carbocycles. The Morgan fingerprint density at radius 3 is 2.76 bits per heavy atom. The van der Waals surface area contributed by atoms with Gasteiger partial charge in [-0.3, -0.25) is 9.48 Å². The van der Waals surface area contributed by atoms with Gasteiger partial charge in [-0.15, -0.1) is 0 Å². The van der Waals surface area contributed by atoms with Crippen molar-refractivity contribution in [2.75, 3.05) is 25.5 Å². The predicted octanol–water partition coefficient (Wildman–Crippen LogP) is 2.69. The van der Waals surface area contributed by atoms with Crippen molar-refractivity contribution in [1.82, 2.24) is 29.8 Å². The van der Waals surface area contributed by atoms with Crippen LogP contribution in [0.5, 0.6) is 0 Å². The summed E-state index contributed by atoms with van der Waals surface area (Å²) in [5.74, 6) is 0.845. The van der Waals surface area contributed by atoms with Crippen molar-refractivity contribution >= 4 is 11.6 Å². The molecule has 1 saturated heterocycles. The average Bonchev–Trinajstić information content (AvgIpc) is 3.30. The third-order valence-corrected chi connectivity index (χ3v) is 5.19. The minimum absolute atomic E-state index is 0.102. The molecule has 3 aromatic rings. The van der Waals surface area contributed by atoms with E-state index in [1.54, 1.807) is 23.1 Å². The highest BCUT2D eigenvalue weighted by Crippen LogP contribution is 2.31. The summed E-state index contributed by atoms with van der Waals surface area (Å²) in [6, 6.07) is 3.45. The molecule has 1 unspecified atom stereocenters. The number of carbonyl (C=O) groups is 1. The molecule has 29 heavy (non-hydrogen) atoms. The Morgan fingerprint density at radius 1 is 1.21 bits per heavy atom. The number of anilines is 1. The monoisotopic (exact) mass is 395 g/mol. The van der Waals surface area contributed by atoms with Crippen molar-refractivity contribution in [3.8, 4) is 11.5 Å². The van der Waals surface area contributed by atoms with E-state index < -0.39 is 0 Å². The summed E-state index contributed by atoms with van der Waals surface area (Å²) >= 11 is 0. The molecule has 9 heteroatoms. The minimum Gasteiger partial charge on any atom is -0.376 e. The average molecular weight is 395 g/mol. The van der Waals surface area contributed by atoms with E-state index in [-0.39, 0.29) is 11.9 Å². The molecule has 0 spiro atoms. The first-order valence-corrected chi connectivity index (χ1v) is 9.80. The summed E-state index contributed by atoms with van der Waals surface area (Å²) < 4.78 is 7.14. The Labute approximate surface area is 169 Å². The van der Waals surface area contributed by atoms with Gasteiger partial charge in [0.2, 0.25) is 0 Å². The van der Waals surface area contributed by atoms with Crippen LogP contribution in [0.4, 0.5) is 5.69 Å². The van der Waals surface area contributed by atoms with Gasteiger partial charge >= 0.3 is 0 Å².